The molecule has 1 saturated heterocycles. The first kappa shape index (κ1) is 17.6. The standard InChI is InChI=1S/C15H30N2O2S/c1-14(2,3)19-13(18)17-8-6-7-16-12-9-15(4,5)11-20-10-12/h12,16H,6-11H2,1-5H3,(H,17,18). The average molecular weight is 302 g/mol. The Morgan fingerprint density at radius 2 is 2.05 bits per heavy atom. The molecule has 0 saturated carbocycles. The van der Waals surface area contributed by atoms with Crippen molar-refractivity contribution in [2.24, 2.45) is 5.41 Å². The minimum atomic E-state index is -0.423. The van der Waals surface area contributed by atoms with Crippen LogP contribution in [0.3, 0.4) is 0 Å². The highest BCUT2D eigenvalue weighted by molar-refractivity contribution is 7.99. The molecule has 1 amide bonds. The molecule has 0 radical (unpaired) electrons. The van der Waals surface area contributed by atoms with E-state index in [0.717, 1.165) is 13.0 Å². The molecule has 5 heteroatoms. The van der Waals surface area contributed by atoms with Gasteiger partial charge in [-0.05, 0) is 51.3 Å². The van der Waals surface area contributed by atoms with Crippen molar-refractivity contribution in [2.75, 3.05) is 24.6 Å². The Bertz CT molecular complexity index is 313. The number of rotatable bonds is 5. The number of hydrogen-bond acceptors (Lipinski definition) is 4. The molecule has 1 fully saturated rings. The average Bonchev–Trinajstić information content (AvgIpc) is 2.24. The molecule has 1 aliphatic heterocycles. The fourth-order valence-corrected chi connectivity index (χ4v) is 3.60. The highest BCUT2D eigenvalue weighted by atomic mass is 32.2. The van der Waals surface area contributed by atoms with Gasteiger partial charge in [0.15, 0.2) is 0 Å². The summed E-state index contributed by atoms with van der Waals surface area (Å²) in [5.74, 6) is 2.45. The summed E-state index contributed by atoms with van der Waals surface area (Å²) in [6.07, 6.45) is 1.84. The highest BCUT2D eigenvalue weighted by Crippen LogP contribution is 2.33. The second kappa shape index (κ2) is 7.55. The van der Waals surface area contributed by atoms with Gasteiger partial charge >= 0.3 is 6.09 Å². The molecule has 0 aromatic rings. The van der Waals surface area contributed by atoms with E-state index in [1.54, 1.807) is 0 Å². The monoisotopic (exact) mass is 302 g/mol. The highest BCUT2D eigenvalue weighted by Gasteiger charge is 2.27. The summed E-state index contributed by atoms with van der Waals surface area (Å²) in [5.41, 5.74) is 0.0165. The van der Waals surface area contributed by atoms with Crippen LogP contribution in [0, 0.1) is 5.41 Å². The maximum Gasteiger partial charge on any atom is 0.407 e. The van der Waals surface area contributed by atoms with Crippen molar-refractivity contribution in [3.63, 3.8) is 0 Å². The van der Waals surface area contributed by atoms with Gasteiger partial charge in [-0.15, -0.1) is 0 Å². The van der Waals surface area contributed by atoms with E-state index in [1.165, 1.54) is 17.9 Å². The van der Waals surface area contributed by atoms with E-state index in [1.807, 2.05) is 32.5 Å². The molecule has 0 aliphatic carbocycles. The molecule has 0 spiro atoms. The summed E-state index contributed by atoms with van der Waals surface area (Å²) < 4.78 is 5.19. The van der Waals surface area contributed by atoms with Gasteiger partial charge in [0.2, 0.25) is 0 Å². The number of hydrogen-bond donors (Lipinski definition) is 2. The van der Waals surface area contributed by atoms with Gasteiger partial charge in [0.1, 0.15) is 5.60 Å². The van der Waals surface area contributed by atoms with Gasteiger partial charge in [0, 0.05) is 18.3 Å². The summed E-state index contributed by atoms with van der Waals surface area (Å²) in [4.78, 5) is 11.5. The van der Waals surface area contributed by atoms with Gasteiger partial charge in [0.25, 0.3) is 0 Å². The largest absolute Gasteiger partial charge is 0.444 e. The van der Waals surface area contributed by atoms with Crippen molar-refractivity contribution in [1.82, 2.24) is 10.6 Å². The van der Waals surface area contributed by atoms with Gasteiger partial charge in [-0.3, -0.25) is 0 Å². The number of amides is 1. The van der Waals surface area contributed by atoms with E-state index in [9.17, 15) is 4.79 Å². The minimum absolute atomic E-state index is 0.327. The molecule has 1 atom stereocenters. The predicted molar refractivity (Wildman–Crippen MR) is 86.4 cm³/mol. The Balaban J connectivity index is 2.06. The SMILES string of the molecule is CC1(C)CSCC(NCCCNC(=O)OC(C)(C)C)C1. The number of nitrogens with one attached hydrogen (secondary N) is 2. The van der Waals surface area contributed by atoms with Gasteiger partial charge in [0.05, 0.1) is 0 Å². The lowest BCUT2D eigenvalue weighted by molar-refractivity contribution is 0.0527. The number of carbonyl (C=O) groups is 1. The van der Waals surface area contributed by atoms with Gasteiger partial charge in [-0.1, -0.05) is 13.8 Å². The van der Waals surface area contributed by atoms with E-state index < -0.39 is 5.60 Å². The second-order valence-electron chi connectivity index (χ2n) is 7.32. The van der Waals surface area contributed by atoms with Gasteiger partial charge in [-0.2, -0.15) is 11.8 Å². The smallest absolute Gasteiger partial charge is 0.407 e. The predicted octanol–water partition coefficient (Wildman–Crippen LogP) is 3.02. The fraction of sp³-hybridized carbons (Fsp3) is 0.933. The molecule has 1 rings (SSSR count). The molecule has 0 aromatic carbocycles. The summed E-state index contributed by atoms with van der Waals surface area (Å²) in [6, 6.07) is 0.602. The van der Waals surface area contributed by atoms with E-state index in [2.05, 4.69) is 24.5 Å². The molecule has 2 N–H and O–H groups in total. The van der Waals surface area contributed by atoms with Gasteiger partial charge < -0.3 is 15.4 Å². The quantitative estimate of drug-likeness (QED) is 0.767. The van der Waals surface area contributed by atoms with Crippen LogP contribution in [-0.2, 0) is 4.74 Å². The summed E-state index contributed by atoms with van der Waals surface area (Å²) >= 11 is 2.03. The number of alkyl carbamates (subject to hydrolysis) is 1. The molecule has 20 heavy (non-hydrogen) atoms. The molecule has 1 heterocycles. The van der Waals surface area contributed by atoms with Crippen molar-refractivity contribution in [2.45, 2.75) is 59.1 Å². The third-order valence-electron chi connectivity index (χ3n) is 3.07. The van der Waals surface area contributed by atoms with Crippen LogP contribution in [0.1, 0.15) is 47.5 Å². The zero-order valence-electron chi connectivity index (χ0n) is 13.5. The van der Waals surface area contributed by atoms with Crippen LogP contribution in [0.15, 0.2) is 0 Å². The van der Waals surface area contributed by atoms with Crippen LogP contribution in [0.2, 0.25) is 0 Å². The Hall–Kier alpha value is -0.420. The third-order valence-corrected chi connectivity index (χ3v) is 4.69. The maximum atomic E-state index is 11.5. The van der Waals surface area contributed by atoms with Crippen molar-refractivity contribution >= 4 is 17.9 Å². The fourth-order valence-electron chi connectivity index (χ4n) is 2.29. The summed E-state index contributed by atoms with van der Waals surface area (Å²) in [7, 11) is 0. The van der Waals surface area contributed by atoms with Gasteiger partial charge in [-0.25, -0.2) is 4.79 Å². The first-order chi connectivity index (χ1) is 9.18. The topological polar surface area (TPSA) is 50.4 Å². The van der Waals surface area contributed by atoms with Crippen LogP contribution in [0.4, 0.5) is 4.79 Å². The van der Waals surface area contributed by atoms with Crippen LogP contribution >= 0.6 is 11.8 Å². The molecular formula is C15H30N2O2S. The Morgan fingerprint density at radius 1 is 1.35 bits per heavy atom. The molecule has 0 aromatic heterocycles. The van der Waals surface area contributed by atoms with Crippen LogP contribution < -0.4 is 10.6 Å². The lowest BCUT2D eigenvalue weighted by Gasteiger charge is -2.35. The second-order valence-corrected chi connectivity index (χ2v) is 8.35. The normalized spacial score (nSPS) is 22.4. The van der Waals surface area contributed by atoms with Crippen molar-refractivity contribution in [3.8, 4) is 0 Å². The van der Waals surface area contributed by atoms with Crippen molar-refractivity contribution < 1.29 is 9.53 Å². The molecular weight excluding hydrogens is 272 g/mol. The van der Waals surface area contributed by atoms with Crippen LogP contribution in [0.25, 0.3) is 0 Å². The minimum Gasteiger partial charge on any atom is -0.444 e. The van der Waals surface area contributed by atoms with Crippen molar-refractivity contribution in [3.05, 3.63) is 0 Å². The first-order valence-electron chi connectivity index (χ1n) is 7.46. The lowest BCUT2D eigenvalue weighted by atomic mass is 9.88. The third kappa shape index (κ3) is 8.00. The van der Waals surface area contributed by atoms with E-state index in [4.69, 9.17) is 4.74 Å². The van der Waals surface area contributed by atoms with Crippen LogP contribution in [-0.4, -0.2) is 42.3 Å². The van der Waals surface area contributed by atoms with Crippen molar-refractivity contribution in [1.29, 1.82) is 0 Å². The number of ether oxygens (including phenoxy) is 1. The molecule has 1 aliphatic rings. The van der Waals surface area contributed by atoms with E-state index in [0.29, 0.717) is 18.0 Å². The Labute approximate surface area is 127 Å². The molecule has 118 valence electrons. The lowest BCUT2D eigenvalue weighted by Crippen LogP contribution is -2.41. The van der Waals surface area contributed by atoms with Crippen LogP contribution in [0.5, 0.6) is 0 Å². The van der Waals surface area contributed by atoms with E-state index in [-0.39, 0.29) is 6.09 Å². The zero-order valence-corrected chi connectivity index (χ0v) is 14.4. The Kier molecular flexibility index (Phi) is 6.65. The summed E-state index contributed by atoms with van der Waals surface area (Å²) in [6.45, 7) is 11.9. The molecule has 1 unspecified atom stereocenters. The first-order valence-corrected chi connectivity index (χ1v) is 8.61. The number of carbonyl (C=O) groups excluding carboxylic acids is 1. The summed E-state index contributed by atoms with van der Waals surface area (Å²) in [5, 5.41) is 6.37. The van der Waals surface area contributed by atoms with E-state index >= 15 is 0 Å². The molecule has 0 bridgehead atoms. The molecule has 4 nitrogen and oxygen atoms in total. The Morgan fingerprint density at radius 3 is 2.65 bits per heavy atom. The maximum absolute atomic E-state index is 11.5. The zero-order chi connectivity index (χ0) is 15.2. The number of thioether (sulfide) groups is 1.